The predicted octanol–water partition coefficient (Wildman–Crippen LogP) is 2.59. The molecule has 0 aromatic carbocycles. The quantitative estimate of drug-likeness (QED) is 0.805. The Morgan fingerprint density at radius 3 is 2.71 bits per heavy atom. The number of carbonyl (C=O) groups excluding carboxylic acids is 1. The van der Waals surface area contributed by atoms with Crippen LogP contribution in [-0.2, 0) is 14.9 Å². The second kappa shape index (κ2) is 5.63. The summed E-state index contributed by atoms with van der Waals surface area (Å²) in [5.74, 6) is 0.200. The first-order valence-electron chi connectivity index (χ1n) is 6.81. The van der Waals surface area contributed by atoms with Gasteiger partial charge in [-0.15, -0.1) is 0 Å². The highest BCUT2D eigenvalue weighted by Gasteiger charge is 2.37. The van der Waals surface area contributed by atoms with Crippen LogP contribution in [0.4, 0.5) is 0 Å². The van der Waals surface area contributed by atoms with Crippen molar-refractivity contribution in [1.82, 2.24) is 15.1 Å². The van der Waals surface area contributed by atoms with E-state index in [1.807, 2.05) is 19.9 Å². The third kappa shape index (κ3) is 2.94. The Bertz CT molecular complexity index is 662. The fraction of sp³-hybridized carbons (Fsp3) is 0.467. The molecule has 6 heteroatoms. The molecule has 6 nitrogen and oxygen atoms in total. The lowest BCUT2D eigenvalue weighted by Gasteiger charge is -2.16. The number of esters is 1. The maximum atomic E-state index is 12.0. The Morgan fingerprint density at radius 2 is 2.10 bits per heavy atom. The molecule has 0 saturated heterocycles. The van der Waals surface area contributed by atoms with Crippen molar-refractivity contribution in [2.75, 3.05) is 6.61 Å². The van der Waals surface area contributed by atoms with Gasteiger partial charge in [0.25, 0.3) is 0 Å². The van der Waals surface area contributed by atoms with E-state index in [-0.39, 0.29) is 5.89 Å². The van der Waals surface area contributed by atoms with Gasteiger partial charge in [-0.3, -0.25) is 9.78 Å². The van der Waals surface area contributed by atoms with Crippen molar-refractivity contribution in [1.29, 1.82) is 0 Å². The van der Waals surface area contributed by atoms with Crippen molar-refractivity contribution >= 4 is 5.97 Å². The zero-order valence-corrected chi connectivity index (χ0v) is 12.9. The number of aromatic nitrogens is 3. The van der Waals surface area contributed by atoms with Crippen LogP contribution in [0.1, 0.15) is 37.8 Å². The molecule has 0 aliphatic rings. The number of hydrogen-bond acceptors (Lipinski definition) is 6. The molecule has 0 radical (unpaired) electrons. The second-order valence-electron chi connectivity index (χ2n) is 5.45. The highest BCUT2D eigenvalue weighted by atomic mass is 16.5. The fourth-order valence-electron chi connectivity index (χ4n) is 1.92. The van der Waals surface area contributed by atoms with E-state index in [9.17, 15) is 4.79 Å². The lowest BCUT2D eigenvalue weighted by molar-refractivity contribution is -0.149. The van der Waals surface area contributed by atoms with E-state index in [0.717, 1.165) is 11.1 Å². The number of aryl methyl sites for hydroxylation is 2. The van der Waals surface area contributed by atoms with Gasteiger partial charge in [0.05, 0.1) is 6.61 Å². The standard InChI is InChI=1S/C15H19N3O3/c1-6-20-14(19)15(4,5)13-17-12(18-21-13)11-10(3)7-9(2)8-16-11/h7-8H,6H2,1-5H3. The van der Waals surface area contributed by atoms with E-state index in [2.05, 4.69) is 15.1 Å². The Kier molecular flexibility index (Phi) is 4.06. The molecule has 0 amide bonds. The number of pyridine rings is 1. The zero-order chi connectivity index (χ0) is 15.6. The van der Waals surface area contributed by atoms with Crippen molar-refractivity contribution in [3.8, 4) is 11.5 Å². The van der Waals surface area contributed by atoms with Crippen LogP contribution in [0.25, 0.3) is 11.5 Å². The van der Waals surface area contributed by atoms with Crippen molar-refractivity contribution in [2.45, 2.75) is 40.0 Å². The molecule has 2 rings (SSSR count). The third-order valence-electron chi connectivity index (χ3n) is 3.17. The highest BCUT2D eigenvalue weighted by Crippen LogP contribution is 2.26. The SMILES string of the molecule is CCOC(=O)C(C)(C)c1nc(-c2ncc(C)cc2C)no1. The van der Waals surface area contributed by atoms with Crippen LogP contribution in [-0.4, -0.2) is 27.7 Å². The van der Waals surface area contributed by atoms with E-state index in [4.69, 9.17) is 9.26 Å². The van der Waals surface area contributed by atoms with Crippen LogP contribution >= 0.6 is 0 Å². The number of carbonyl (C=O) groups is 1. The predicted molar refractivity (Wildman–Crippen MR) is 76.7 cm³/mol. The highest BCUT2D eigenvalue weighted by molar-refractivity contribution is 5.80. The van der Waals surface area contributed by atoms with E-state index < -0.39 is 11.4 Å². The lowest BCUT2D eigenvalue weighted by Crippen LogP contribution is -2.31. The molecule has 112 valence electrons. The summed E-state index contributed by atoms with van der Waals surface area (Å²) in [5, 5.41) is 3.93. The van der Waals surface area contributed by atoms with Gasteiger partial charge in [-0.25, -0.2) is 0 Å². The summed E-state index contributed by atoms with van der Waals surface area (Å²) in [7, 11) is 0. The molecule has 0 N–H and O–H groups in total. The minimum Gasteiger partial charge on any atom is -0.465 e. The summed E-state index contributed by atoms with van der Waals surface area (Å²) in [4.78, 5) is 20.6. The molecular weight excluding hydrogens is 270 g/mol. The Labute approximate surface area is 123 Å². The minimum absolute atomic E-state index is 0.220. The first-order valence-corrected chi connectivity index (χ1v) is 6.81. The van der Waals surface area contributed by atoms with Gasteiger partial charge in [-0.1, -0.05) is 11.2 Å². The molecule has 0 unspecified atom stereocenters. The van der Waals surface area contributed by atoms with Crippen LogP contribution in [0, 0.1) is 13.8 Å². The number of hydrogen-bond donors (Lipinski definition) is 0. The molecule has 2 aromatic rings. The molecule has 21 heavy (non-hydrogen) atoms. The Balaban J connectivity index is 2.35. The topological polar surface area (TPSA) is 78.1 Å². The van der Waals surface area contributed by atoms with Crippen molar-refractivity contribution in [3.05, 3.63) is 29.3 Å². The van der Waals surface area contributed by atoms with E-state index in [0.29, 0.717) is 18.1 Å². The second-order valence-corrected chi connectivity index (χ2v) is 5.45. The molecule has 0 saturated carbocycles. The first-order chi connectivity index (χ1) is 9.86. The smallest absolute Gasteiger partial charge is 0.321 e. The molecule has 2 heterocycles. The van der Waals surface area contributed by atoms with Gasteiger partial charge in [0.2, 0.25) is 11.7 Å². The molecule has 0 bridgehead atoms. The molecule has 0 atom stereocenters. The van der Waals surface area contributed by atoms with E-state index in [1.54, 1.807) is 27.0 Å². The Hall–Kier alpha value is -2.24. The maximum absolute atomic E-state index is 12.0. The number of rotatable bonds is 4. The largest absolute Gasteiger partial charge is 0.465 e. The van der Waals surface area contributed by atoms with E-state index in [1.165, 1.54) is 0 Å². The monoisotopic (exact) mass is 289 g/mol. The van der Waals surface area contributed by atoms with Crippen molar-refractivity contribution in [3.63, 3.8) is 0 Å². The Morgan fingerprint density at radius 1 is 1.38 bits per heavy atom. The van der Waals surface area contributed by atoms with Gasteiger partial charge in [0.15, 0.2) is 0 Å². The van der Waals surface area contributed by atoms with Crippen LogP contribution in [0.2, 0.25) is 0 Å². The molecule has 0 fully saturated rings. The van der Waals surface area contributed by atoms with Gasteiger partial charge in [0.1, 0.15) is 11.1 Å². The van der Waals surface area contributed by atoms with Crippen LogP contribution in [0.5, 0.6) is 0 Å². The fourth-order valence-corrected chi connectivity index (χ4v) is 1.92. The molecule has 0 spiro atoms. The van der Waals surface area contributed by atoms with Crippen LogP contribution in [0.3, 0.4) is 0 Å². The van der Waals surface area contributed by atoms with Gasteiger partial charge in [-0.05, 0) is 45.7 Å². The molecular formula is C15H19N3O3. The average Bonchev–Trinajstić information content (AvgIpc) is 2.89. The molecule has 0 aliphatic carbocycles. The first kappa shape index (κ1) is 15.2. The maximum Gasteiger partial charge on any atom is 0.321 e. The van der Waals surface area contributed by atoms with Gasteiger partial charge in [-0.2, -0.15) is 4.98 Å². The summed E-state index contributed by atoms with van der Waals surface area (Å²) in [6, 6.07) is 1.99. The zero-order valence-electron chi connectivity index (χ0n) is 12.9. The average molecular weight is 289 g/mol. The van der Waals surface area contributed by atoms with Gasteiger partial charge in [0, 0.05) is 6.20 Å². The summed E-state index contributed by atoms with van der Waals surface area (Å²) in [6.45, 7) is 9.35. The number of nitrogens with zero attached hydrogens (tertiary/aromatic N) is 3. The normalized spacial score (nSPS) is 11.5. The number of ether oxygens (including phenoxy) is 1. The van der Waals surface area contributed by atoms with Crippen LogP contribution < -0.4 is 0 Å². The molecule has 0 aliphatic heterocycles. The van der Waals surface area contributed by atoms with Crippen molar-refractivity contribution in [2.24, 2.45) is 0 Å². The summed E-state index contributed by atoms with van der Waals surface area (Å²) in [5.41, 5.74) is 1.68. The van der Waals surface area contributed by atoms with Gasteiger partial charge < -0.3 is 9.26 Å². The lowest BCUT2D eigenvalue weighted by atomic mass is 9.94. The van der Waals surface area contributed by atoms with E-state index >= 15 is 0 Å². The van der Waals surface area contributed by atoms with Crippen molar-refractivity contribution < 1.29 is 14.1 Å². The summed E-state index contributed by atoms with van der Waals surface area (Å²) >= 11 is 0. The van der Waals surface area contributed by atoms with Gasteiger partial charge >= 0.3 is 5.97 Å². The third-order valence-corrected chi connectivity index (χ3v) is 3.17. The summed E-state index contributed by atoms with van der Waals surface area (Å²) in [6.07, 6.45) is 1.74. The summed E-state index contributed by atoms with van der Waals surface area (Å²) < 4.78 is 10.3. The minimum atomic E-state index is -0.986. The molecule has 2 aromatic heterocycles. The van der Waals surface area contributed by atoms with Crippen LogP contribution in [0.15, 0.2) is 16.8 Å².